The van der Waals surface area contributed by atoms with Gasteiger partial charge < -0.3 is 14.9 Å². The van der Waals surface area contributed by atoms with Crippen LogP contribution in [-0.2, 0) is 9.16 Å². The summed E-state index contributed by atoms with van der Waals surface area (Å²) in [6.45, 7) is 2.72. The molecule has 1 fully saturated rings. The van der Waals surface area contributed by atoms with Crippen molar-refractivity contribution in [1.82, 2.24) is 0 Å². The molecule has 2 N–H and O–H groups in total. The van der Waals surface area contributed by atoms with Gasteiger partial charge in [0.05, 0.1) is 6.61 Å². The zero-order chi connectivity index (χ0) is 8.81. The lowest BCUT2D eigenvalue weighted by molar-refractivity contribution is -0.0944. The van der Waals surface area contributed by atoms with Gasteiger partial charge in [0.2, 0.25) is 0 Å². The molecular formula is C8H19NO2Si. The Hall–Kier alpha value is 0.0969. The van der Waals surface area contributed by atoms with Crippen molar-refractivity contribution in [2.24, 2.45) is 5.73 Å². The molecule has 2 unspecified atom stereocenters. The van der Waals surface area contributed by atoms with E-state index in [4.69, 9.17) is 14.9 Å². The van der Waals surface area contributed by atoms with Gasteiger partial charge >= 0.3 is 0 Å². The van der Waals surface area contributed by atoms with Crippen LogP contribution in [0.4, 0.5) is 0 Å². The van der Waals surface area contributed by atoms with Crippen LogP contribution >= 0.6 is 0 Å². The SMILES string of the molecule is CCC(N)COC1CCC[SiH2]O1. The molecule has 3 nitrogen and oxygen atoms in total. The van der Waals surface area contributed by atoms with E-state index in [1.165, 1.54) is 12.5 Å². The fraction of sp³-hybridized carbons (Fsp3) is 1.00. The Kier molecular flexibility index (Phi) is 4.83. The molecule has 0 amide bonds. The first kappa shape index (κ1) is 10.2. The van der Waals surface area contributed by atoms with Crippen molar-refractivity contribution < 1.29 is 9.16 Å². The molecule has 0 aliphatic carbocycles. The highest BCUT2D eigenvalue weighted by atomic mass is 28.2. The minimum atomic E-state index is -0.256. The molecule has 2 atom stereocenters. The van der Waals surface area contributed by atoms with Crippen molar-refractivity contribution in [3.05, 3.63) is 0 Å². The highest BCUT2D eigenvalue weighted by molar-refractivity contribution is 6.27. The Morgan fingerprint density at radius 1 is 1.75 bits per heavy atom. The van der Waals surface area contributed by atoms with Crippen LogP contribution < -0.4 is 5.73 Å². The number of ether oxygens (including phenoxy) is 1. The molecule has 1 aliphatic heterocycles. The van der Waals surface area contributed by atoms with E-state index in [-0.39, 0.29) is 22.1 Å². The first-order valence-electron chi connectivity index (χ1n) is 4.81. The van der Waals surface area contributed by atoms with Crippen molar-refractivity contribution in [2.75, 3.05) is 6.61 Å². The molecule has 72 valence electrons. The maximum atomic E-state index is 5.72. The Morgan fingerprint density at radius 2 is 2.58 bits per heavy atom. The quantitative estimate of drug-likeness (QED) is 0.650. The normalized spacial score (nSPS) is 29.0. The van der Waals surface area contributed by atoms with Gasteiger partial charge in [-0.15, -0.1) is 0 Å². The van der Waals surface area contributed by atoms with E-state index in [1.54, 1.807) is 0 Å². The number of rotatable bonds is 4. The topological polar surface area (TPSA) is 44.5 Å². The van der Waals surface area contributed by atoms with E-state index >= 15 is 0 Å². The number of hydrogen-bond donors (Lipinski definition) is 1. The molecule has 1 heterocycles. The number of hydrogen-bond acceptors (Lipinski definition) is 3. The van der Waals surface area contributed by atoms with Crippen LogP contribution in [0.5, 0.6) is 0 Å². The third-order valence-corrected chi connectivity index (χ3v) is 3.55. The van der Waals surface area contributed by atoms with Crippen molar-refractivity contribution in [1.29, 1.82) is 0 Å². The molecule has 1 rings (SSSR count). The third-order valence-electron chi connectivity index (χ3n) is 2.16. The molecule has 0 bridgehead atoms. The van der Waals surface area contributed by atoms with Gasteiger partial charge in [-0.3, -0.25) is 0 Å². The van der Waals surface area contributed by atoms with Gasteiger partial charge in [0.25, 0.3) is 0 Å². The average Bonchev–Trinajstić information content (AvgIpc) is 2.16. The predicted molar refractivity (Wildman–Crippen MR) is 51.7 cm³/mol. The molecule has 0 spiro atoms. The fourth-order valence-electron chi connectivity index (χ4n) is 1.19. The van der Waals surface area contributed by atoms with E-state index in [9.17, 15) is 0 Å². The average molecular weight is 189 g/mol. The van der Waals surface area contributed by atoms with Crippen molar-refractivity contribution >= 4 is 9.76 Å². The van der Waals surface area contributed by atoms with Gasteiger partial charge in [-0.05, 0) is 25.3 Å². The summed E-state index contributed by atoms with van der Waals surface area (Å²) in [5.74, 6) is 0. The molecule has 4 heteroatoms. The maximum Gasteiger partial charge on any atom is 0.165 e. The van der Waals surface area contributed by atoms with Crippen LogP contribution in [0.2, 0.25) is 6.04 Å². The standard InChI is InChI=1S/C8H19NO2Si/c1-2-7(9)6-10-8-4-3-5-12-11-8/h7-8H,2-6,9,12H2,1H3. The summed E-state index contributed by atoms with van der Waals surface area (Å²) in [5, 5.41) is 0. The molecule has 0 saturated carbocycles. The van der Waals surface area contributed by atoms with Gasteiger partial charge in [0.1, 0.15) is 6.29 Å². The second kappa shape index (κ2) is 5.69. The van der Waals surface area contributed by atoms with Crippen molar-refractivity contribution in [3.8, 4) is 0 Å². The molecular weight excluding hydrogens is 170 g/mol. The zero-order valence-corrected chi connectivity index (χ0v) is 9.21. The summed E-state index contributed by atoms with van der Waals surface area (Å²) in [5.41, 5.74) is 5.72. The van der Waals surface area contributed by atoms with E-state index in [2.05, 4.69) is 6.92 Å². The lowest BCUT2D eigenvalue weighted by atomic mass is 10.2. The first-order valence-corrected chi connectivity index (χ1v) is 6.39. The zero-order valence-electron chi connectivity index (χ0n) is 7.79. The lowest BCUT2D eigenvalue weighted by Gasteiger charge is -2.24. The Morgan fingerprint density at radius 3 is 3.17 bits per heavy atom. The third kappa shape index (κ3) is 3.67. The van der Waals surface area contributed by atoms with Gasteiger partial charge in [-0.25, -0.2) is 0 Å². The summed E-state index contributed by atoms with van der Waals surface area (Å²) in [4.78, 5) is 0. The first-order chi connectivity index (χ1) is 5.83. The van der Waals surface area contributed by atoms with E-state index in [0.717, 1.165) is 12.8 Å². The molecule has 0 aromatic heterocycles. The molecule has 0 radical (unpaired) electrons. The molecule has 12 heavy (non-hydrogen) atoms. The highest BCUT2D eigenvalue weighted by Gasteiger charge is 2.14. The fourth-order valence-corrected chi connectivity index (χ4v) is 2.38. The summed E-state index contributed by atoms with van der Waals surface area (Å²) >= 11 is 0. The highest BCUT2D eigenvalue weighted by Crippen LogP contribution is 2.13. The van der Waals surface area contributed by atoms with E-state index < -0.39 is 0 Å². The van der Waals surface area contributed by atoms with Gasteiger partial charge in [-0.1, -0.05) is 6.92 Å². The minimum absolute atomic E-state index is 0.0722. The van der Waals surface area contributed by atoms with Crippen molar-refractivity contribution in [2.45, 2.75) is 44.6 Å². The largest absolute Gasteiger partial charge is 0.400 e. The predicted octanol–water partition coefficient (Wildman–Crippen LogP) is 0.379. The number of nitrogens with two attached hydrogens (primary N) is 1. The van der Waals surface area contributed by atoms with Crippen LogP contribution in [0.1, 0.15) is 26.2 Å². The second-order valence-electron chi connectivity index (χ2n) is 3.30. The second-order valence-corrected chi connectivity index (χ2v) is 4.75. The molecule has 1 aliphatic rings. The summed E-state index contributed by atoms with van der Waals surface area (Å²) in [7, 11) is -0.256. The van der Waals surface area contributed by atoms with E-state index in [1.807, 2.05) is 0 Å². The molecule has 0 aromatic carbocycles. The summed E-state index contributed by atoms with van der Waals surface area (Å²) in [6, 6.07) is 1.48. The van der Waals surface area contributed by atoms with E-state index in [0.29, 0.717) is 6.61 Å². The van der Waals surface area contributed by atoms with Crippen LogP contribution in [-0.4, -0.2) is 28.7 Å². The Balaban J connectivity index is 2.05. The summed E-state index contributed by atoms with van der Waals surface area (Å²) < 4.78 is 11.1. The van der Waals surface area contributed by atoms with Crippen LogP contribution in [0, 0.1) is 0 Å². The van der Waals surface area contributed by atoms with Crippen molar-refractivity contribution in [3.63, 3.8) is 0 Å². The Bertz CT molecular complexity index is 118. The molecule has 1 saturated heterocycles. The van der Waals surface area contributed by atoms with Gasteiger partial charge in [0, 0.05) is 6.04 Å². The van der Waals surface area contributed by atoms with Crippen LogP contribution in [0.15, 0.2) is 0 Å². The monoisotopic (exact) mass is 189 g/mol. The van der Waals surface area contributed by atoms with Gasteiger partial charge in [-0.2, -0.15) is 0 Å². The van der Waals surface area contributed by atoms with Crippen LogP contribution in [0.25, 0.3) is 0 Å². The smallest absolute Gasteiger partial charge is 0.165 e. The van der Waals surface area contributed by atoms with Gasteiger partial charge in [0.15, 0.2) is 9.76 Å². The Labute approximate surface area is 76.6 Å². The maximum absolute atomic E-state index is 5.72. The summed E-state index contributed by atoms with van der Waals surface area (Å²) in [6.07, 6.45) is 3.38. The lowest BCUT2D eigenvalue weighted by Crippen LogP contribution is -2.31. The minimum Gasteiger partial charge on any atom is -0.400 e. The van der Waals surface area contributed by atoms with Crippen LogP contribution in [0.3, 0.4) is 0 Å². The molecule has 0 aromatic rings.